The topological polar surface area (TPSA) is 63.3 Å². The summed E-state index contributed by atoms with van der Waals surface area (Å²) in [6.45, 7) is 2.87. The summed E-state index contributed by atoms with van der Waals surface area (Å²) in [5.74, 6) is 0.311. The van der Waals surface area contributed by atoms with Gasteiger partial charge in [-0.25, -0.2) is 0 Å². The lowest BCUT2D eigenvalue weighted by Gasteiger charge is -2.35. The van der Waals surface area contributed by atoms with Gasteiger partial charge in [0.2, 0.25) is 0 Å². The van der Waals surface area contributed by atoms with Crippen molar-refractivity contribution in [1.82, 2.24) is 0 Å². The largest absolute Gasteiger partial charge is 0.481 e. The Morgan fingerprint density at radius 3 is 2.65 bits per heavy atom. The highest BCUT2D eigenvalue weighted by Gasteiger charge is 2.34. The Labute approximate surface area is 105 Å². The third-order valence-corrected chi connectivity index (χ3v) is 4.30. The van der Waals surface area contributed by atoms with Gasteiger partial charge in [0.15, 0.2) is 0 Å². The Hall–Kier alpha value is -0.570. The molecule has 1 fully saturated rings. The third kappa shape index (κ3) is 4.30. The van der Waals surface area contributed by atoms with E-state index >= 15 is 0 Å². The molecule has 3 nitrogen and oxygen atoms in total. The van der Waals surface area contributed by atoms with E-state index in [1.54, 1.807) is 0 Å². The molecule has 0 radical (unpaired) electrons. The molecular weight excluding hydrogens is 214 g/mol. The summed E-state index contributed by atoms with van der Waals surface area (Å²) in [6, 6.07) is 0. The maximum absolute atomic E-state index is 11.4. The van der Waals surface area contributed by atoms with E-state index < -0.39 is 5.97 Å². The quantitative estimate of drug-likeness (QED) is 0.673. The Morgan fingerprint density at radius 1 is 1.35 bits per heavy atom. The molecule has 0 amide bonds. The van der Waals surface area contributed by atoms with Gasteiger partial charge in [0, 0.05) is 0 Å². The summed E-state index contributed by atoms with van der Waals surface area (Å²) in [7, 11) is 0. The molecule has 0 aromatic heterocycles. The number of rotatable bonds is 7. The minimum absolute atomic E-state index is 0.133. The summed E-state index contributed by atoms with van der Waals surface area (Å²) >= 11 is 0. The van der Waals surface area contributed by atoms with E-state index in [1.165, 1.54) is 19.3 Å². The Morgan fingerprint density at radius 2 is 2.06 bits per heavy atom. The zero-order valence-electron chi connectivity index (χ0n) is 11.0. The summed E-state index contributed by atoms with van der Waals surface area (Å²) in [4.78, 5) is 11.4. The molecule has 0 aromatic rings. The zero-order valence-corrected chi connectivity index (χ0v) is 11.0. The Balaban J connectivity index is 2.57. The minimum Gasteiger partial charge on any atom is -0.481 e. The molecule has 3 unspecified atom stereocenters. The molecule has 1 saturated carbocycles. The first-order valence-corrected chi connectivity index (χ1v) is 7.13. The molecule has 3 N–H and O–H groups in total. The van der Waals surface area contributed by atoms with Crippen LogP contribution in [0.25, 0.3) is 0 Å². The van der Waals surface area contributed by atoms with Crippen LogP contribution in [-0.4, -0.2) is 17.6 Å². The average molecular weight is 241 g/mol. The first-order chi connectivity index (χ1) is 8.20. The van der Waals surface area contributed by atoms with Crippen LogP contribution in [0, 0.1) is 17.8 Å². The zero-order chi connectivity index (χ0) is 12.7. The predicted octanol–water partition coefficient (Wildman–Crippen LogP) is 3.03. The van der Waals surface area contributed by atoms with Crippen molar-refractivity contribution in [3.8, 4) is 0 Å². The van der Waals surface area contributed by atoms with Crippen LogP contribution in [0.4, 0.5) is 0 Å². The lowest BCUT2D eigenvalue weighted by molar-refractivity contribution is -0.145. The first kappa shape index (κ1) is 14.5. The van der Waals surface area contributed by atoms with E-state index in [9.17, 15) is 9.90 Å². The van der Waals surface area contributed by atoms with Gasteiger partial charge in [-0.1, -0.05) is 39.0 Å². The van der Waals surface area contributed by atoms with Gasteiger partial charge in [0.25, 0.3) is 0 Å². The fraction of sp³-hybridized carbons (Fsp3) is 0.929. The van der Waals surface area contributed by atoms with Gasteiger partial charge in [0.05, 0.1) is 5.92 Å². The van der Waals surface area contributed by atoms with Crippen molar-refractivity contribution in [2.75, 3.05) is 6.54 Å². The van der Waals surface area contributed by atoms with E-state index in [0.29, 0.717) is 18.4 Å². The van der Waals surface area contributed by atoms with E-state index in [1.807, 2.05) is 0 Å². The van der Waals surface area contributed by atoms with E-state index in [-0.39, 0.29) is 5.92 Å². The molecule has 1 rings (SSSR count). The van der Waals surface area contributed by atoms with Gasteiger partial charge in [-0.15, -0.1) is 0 Å². The van der Waals surface area contributed by atoms with Crippen LogP contribution in [0.2, 0.25) is 0 Å². The molecule has 0 aromatic carbocycles. The molecule has 0 spiro atoms. The van der Waals surface area contributed by atoms with E-state index in [4.69, 9.17) is 5.73 Å². The van der Waals surface area contributed by atoms with Crippen LogP contribution in [0.5, 0.6) is 0 Å². The van der Waals surface area contributed by atoms with Crippen LogP contribution in [0.15, 0.2) is 0 Å². The highest BCUT2D eigenvalue weighted by molar-refractivity contribution is 5.70. The maximum Gasteiger partial charge on any atom is 0.306 e. The molecule has 0 bridgehead atoms. The summed E-state index contributed by atoms with van der Waals surface area (Å²) in [6.07, 6.45) is 8.68. The minimum atomic E-state index is -0.590. The van der Waals surface area contributed by atoms with Crippen LogP contribution >= 0.6 is 0 Å². The molecule has 1 aliphatic carbocycles. The molecule has 1 aliphatic rings. The normalized spacial score (nSPS) is 26.7. The second kappa shape index (κ2) is 7.70. The number of nitrogens with two attached hydrogens (primary N) is 1. The second-order valence-electron chi connectivity index (χ2n) is 5.35. The average Bonchev–Trinajstić information content (AvgIpc) is 2.34. The van der Waals surface area contributed by atoms with Gasteiger partial charge in [-0.3, -0.25) is 4.79 Å². The number of carboxylic acid groups (broad SMARTS) is 1. The fourth-order valence-corrected chi connectivity index (χ4v) is 3.30. The SMILES string of the molecule is CCC1CCCCC1C(CCCCN)C(=O)O. The van der Waals surface area contributed by atoms with Crippen LogP contribution in [0.1, 0.15) is 58.3 Å². The van der Waals surface area contributed by atoms with Crippen molar-refractivity contribution in [2.24, 2.45) is 23.5 Å². The van der Waals surface area contributed by atoms with Crippen molar-refractivity contribution in [2.45, 2.75) is 58.3 Å². The van der Waals surface area contributed by atoms with Crippen molar-refractivity contribution < 1.29 is 9.90 Å². The molecule has 100 valence electrons. The van der Waals surface area contributed by atoms with Gasteiger partial charge in [0.1, 0.15) is 0 Å². The van der Waals surface area contributed by atoms with Crippen LogP contribution < -0.4 is 5.73 Å². The van der Waals surface area contributed by atoms with Crippen molar-refractivity contribution in [1.29, 1.82) is 0 Å². The van der Waals surface area contributed by atoms with Gasteiger partial charge >= 0.3 is 5.97 Å². The Kier molecular flexibility index (Phi) is 6.56. The van der Waals surface area contributed by atoms with Crippen molar-refractivity contribution in [3.05, 3.63) is 0 Å². The number of carboxylic acids is 1. The maximum atomic E-state index is 11.4. The molecule has 3 heteroatoms. The summed E-state index contributed by atoms with van der Waals surface area (Å²) < 4.78 is 0. The van der Waals surface area contributed by atoms with Gasteiger partial charge < -0.3 is 10.8 Å². The molecule has 0 saturated heterocycles. The fourth-order valence-electron chi connectivity index (χ4n) is 3.30. The highest BCUT2D eigenvalue weighted by atomic mass is 16.4. The summed E-state index contributed by atoms with van der Waals surface area (Å²) in [5, 5.41) is 9.41. The molecular formula is C14H27NO2. The second-order valence-corrected chi connectivity index (χ2v) is 5.35. The summed E-state index contributed by atoms with van der Waals surface area (Å²) in [5.41, 5.74) is 5.48. The third-order valence-electron chi connectivity index (χ3n) is 4.30. The van der Waals surface area contributed by atoms with Crippen LogP contribution in [0.3, 0.4) is 0 Å². The number of unbranched alkanes of at least 4 members (excludes halogenated alkanes) is 1. The van der Waals surface area contributed by atoms with E-state index in [2.05, 4.69) is 6.92 Å². The highest BCUT2D eigenvalue weighted by Crippen LogP contribution is 2.39. The number of hydrogen-bond acceptors (Lipinski definition) is 2. The smallest absolute Gasteiger partial charge is 0.306 e. The number of aliphatic carboxylic acids is 1. The number of carbonyl (C=O) groups is 1. The van der Waals surface area contributed by atoms with Gasteiger partial charge in [-0.2, -0.15) is 0 Å². The molecule has 17 heavy (non-hydrogen) atoms. The van der Waals surface area contributed by atoms with Crippen LogP contribution in [-0.2, 0) is 4.79 Å². The number of hydrogen-bond donors (Lipinski definition) is 2. The molecule has 0 heterocycles. The first-order valence-electron chi connectivity index (χ1n) is 7.13. The van der Waals surface area contributed by atoms with E-state index in [0.717, 1.165) is 32.1 Å². The molecule has 3 atom stereocenters. The standard InChI is InChI=1S/C14H27NO2/c1-2-11-7-3-4-8-12(11)13(14(16)17)9-5-6-10-15/h11-13H,2-10,15H2,1H3,(H,16,17). The monoisotopic (exact) mass is 241 g/mol. The Bertz CT molecular complexity index is 230. The predicted molar refractivity (Wildman–Crippen MR) is 69.8 cm³/mol. The lowest BCUT2D eigenvalue weighted by Crippen LogP contribution is -2.31. The molecule has 0 aliphatic heterocycles. The lowest BCUT2D eigenvalue weighted by atomic mass is 9.70. The van der Waals surface area contributed by atoms with Crippen molar-refractivity contribution in [3.63, 3.8) is 0 Å². The van der Waals surface area contributed by atoms with Crippen molar-refractivity contribution >= 4 is 5.97 Å². The van der Waals surface area contributed by atoms with Gasteiger partial charge in [-0.05, 0) is 37.6 Å².